The van der Waals surface area contributed by atoms with Crippen LogP contribution >= 0.6 is 12.2 Å². The summed E-state index contributed by atoms with van der Waals surface area (Å²) in [5.41, 5.74) is 5.70. The highest BCUT2D eigenvalue weighted by Crippen LogP contribution is 2.26. The van der Waals surface area contributed by atoms with Crippen LogP contribution in [0, 0.1) is 11.3 Å². The van der Waals surface area contributed by atoms with Gasteiger partial charge < -0.3 is 11.1 Å². The van der Waals surface area contributed by atoms with E-state index in [0.29, 0.717) is 11.4 Å². The molecular formula is C12H22N2OS. The number of carbonyl (C=O) groups excluding carboxylic acids is 1. The molecule has 0 heterocycles. The number of nitrogens with one attached hydrogen (secondary N) is 1. The summed E-state index contributed by atoms with van der Waals surface area (Å²) in [5.74, 6) is 0.305. The minimum Gasteiger partial charge on any atom is -0.393 e. The molecule has 0 bridgehead atoms. The van der Waals surface area contributed by atoms with Gasteiger partial charge in [0.2, 0.25) is 5.91 Å². The van der Waals surface area contributed by atoms with Gasteiger partial charge >= 0.3 is 0 Å². The Morgan fingerprint density at radius 2 is 2.06 bits per heavy atom. The van der Waals surface area contributed by atoms with Crippen LogP contribution < -0.4 is 11.1 Å². The molecule has 0 saturated heterocycles. The van der Waals surface area contributed by atoms with Gasteiger partial charge in [-0.05, 0) is 18.3 Å². The summed E-state index contributed by atoms with van der Waals surface area (Å²) in [5, 5.41) is 3.06. The maximum atomic E-state index is 11.8. The van der Waals surface area contributed by atoms with Gasteiger partial charge in [-0.25, -0.2) is 0 Å². The molecule has 4 heteroatoms. The molecule has 3 N–H and O–H groups in total. The number of hydrogen-bond acceptors (Lipinski definition) is 2. The van der Waals surface area contributed by atoms with Crippen LogP contribution in [0.25, 0.3) is 0 Å². The van der Waals surface area contributed by atoms with Crippen molar-refractivity contribution in [1.82, 2.24) is 5.32 Å². The van der Waals surface area contributed by atoms with Crippen LogP contribution in [0.15, 0.2) is 0 Å². The van der Waals surface area contributed by atoms with E-state index in [1.165, 1.54) is 0 Å². The number of nitrogens with two attached hydrogens (primary N) is 1. The van der Waals surface area contributed by atoms with Crippen LogP contribution in [0.4, 0.5) is 0 Å². The van der Waals surface area contributed by atoms with Crippen molar-refractivity contribution in [2.45, 2.75) is 52.5 Å². The second-order valence-electron chi connectivity index (χ2n) is 5.85. The molecule has 1 fully saturated rings. The summed E-state index contributed by atoms with van der Waals surface area (Å²) < 4.78 is 0. The van der Waals surface area contributed by atoms with Crippen molar-refractivity contribution in [2.75, 3.05) is 0 Å². The second kappa shape index (κ2) is 5.13. The lowest BCUT2D eigenvalue weighted by Gasteiger charge is -2.23. The zero-order valence-corrected chi connectivity index (χ0v) is 11.2. The quantitative estimate of drug-likeness (QED) is 0.744. The molecule has 1 rings (SSSR count). The highest BCUT2D eigenvalue weighted by Gasteiger charge is 2.31. The topological polar surface area (TPSA) is 55.1 Å². The zero-order chi connectivity index (χ0) is 12.3. The molecular weight excluding hydrogens is 220 g/mol. The van der Waals surface area contributed by atoms with E-state index >= 15 is 0 Å². The molecule has 16 heavy (non-hydrogen) atoms. The second-order valence-corrected chi connectivity index (χ2v) is 6.32. The van der Waals surface area contributed by atoms with Crippen molar-refractivity contribution in [3.63, 3.8) is 0 Å². The Morgan fingerprint density at radius 3 is 2.56 bits per heavy atom. The van der Waals surface area contributed by atoms with E-state index in [-0.39, 0.29) is 23.3 Å². The Morgan fingerprint density at radius 1 is 1.44 bits per heavy atom. The highest BCUT2D eigenvalue weighted by atomic mass is 32.1. The molecule has 0 aromatic carbocycles. The predicted octanol–water partition coefficient (Wildman–Crippen LogP) is 1.99. The van der Waals surface area contributed by atoms with E-state index in [2.05, 4.69) is 26.1 Å². The fourth-order valence-electron chi connectivity index (χ4n) is 2.21. The van der Waals surface area contributed by atoms with Crippen molar-refractivity contribution in [3.8, 4) is 0 Å². The standard InChI is InChI=1S/C12H22N2OS/c1-12(2,3)7-10(15)14-9-6-4-5-8(9)11(13)16/h8-9H,4-7H2,1-3H3,(H2,13,16)(H,14,15). The van der Waals surface area contributed by atoms with E-state index in [9.17, 15) is 4.79 Å². The Kier molecular flexibility index (Phi) is 4.30. The first-order valence-electron chi connectivity index (χ1n) is 5.88. The van der Waals surface area contributed by atoms with Crippen molar-refractivity contribution in [2.24, 2.45) is 17.1 Å². The van der Waals surface area contributed by atoms with Crippen LogP contribution in [0.5, 0.6) is 0 Å². The number of hydrogen-bond donors (Lipinski definition) is 2. The summed E-state index contributed by atoms with van der Waals surface area (Å²) >= 11 is 5.02. The number of carbonyl (C=O) groups is 1. The maximum absolute atomic E-state index is 11.8. The molecule has 0 aliphatic heterocycles. The molecule has 0 aromatic heterocycles. The Labute approximate surface area is 103 Å². The molecule has 1 amide bonds. The van der Waals surface area contributed by atoms with E-state index in [4.69, 9.17) is 18.0 Å². The summed E-state index contributed by atoms with van der Waals surface area (Å²) in [4.78, 5) is 12.3. The summed E-state index contributed by atoms with van der Waals surface area (Å²) in [6, 6.07) is 0.160. The third-order valence-corrected chi connectivity index (χ3v) is 3.22. The third-order valence-electron chi connectivity index (χ3n) is 2.92. The first kappa shape index (κ1) is 13.4. The molecule has 1 aliphatic rings. The van der Waals surface area contributed by atoms with E-state index < -0.39 is 0 Å². The first-order valence-corrected chi connectivity index (χ1v) is 6.29. The molecule has 1 saturated carbocycles. The van der Waals surface area contributed by atoms with Crippen molar-refractivity contribution in [3.05, 3.63) is 0 Å². The molecule has 3 nitrogen and oxygen atoms in total. The van der Waals surface area contributed by atoms with Gasteiger partial charge in [0.1, 0.15) is 0 Å². The van der Waals surface area contributed by atoms with Crippen LogP contribution in [0.3, 0.4) is 0 Å². The molecule has 0 aromatic rings. The average molecular weight is 242 g/mol. The van der Waals surface area contributed by atoms with Crippen LogP contribution in [-0.2, 0) is 4.79 Å². The average Bonchev–Trinajstić information content (AvgIpc) is 2.47. The molecule has 2 atom stereocenters. The fraction of sp³-hybridized carbons (Fsp3) is 0.833. The summed E-state index contributed by atoms with van der Waals surface area (Å²) in [6.07, 6.45) is 3.66. The number of thiocarbonyl (C=S) groups is 1. The van der Waals surface area contributed by atoms with Gasteiger partial charge in [0.25, 0.3) is 0 Å². The lowest BCUT2D eigenvalue weighted by Crippen LogP contribution is -2.42. The van der Waals surface area contributed by atoms with E-state index in [0.717, 1.165) is 19.3 Å². The lowest BCUT2D eigenvalue weighted by atomic mass is 9.91. The van der Waals surface area contributed by atoms with Gasteiger partial charge in [0.15, 0.2) is 0 Å². The van der Waals surface area contributed by atoms with Gasteiger partial charge in [-0.1, -0.05) is 39.4 Å². The van der Waals surface area contributed by atoms with Gasteiger partial charge in [0.05, 0.1) is 4.99 Å². The maximum Gasteiger partial charge on any atom is 0.220 e. The molecule has 0 radical (unpaired) electrons. The normalized spacial score (nSPS) is 25.4. The van der Waals surface area contributed by atoms with Gasteiger partial charge in [-0.3, -0.25) is 4.79 Å². The van der Waals surface area contributed by atoms with Crippen molar-refractivity contribution in [1.29, 1.82) is 0 Å². The smallest absolute Gasteiger partial charge is 0.220 e. The minimum absolute atomic E-state index is 0.0292. The van der Waals surface area contributed by atoms with Gasteiger partial charge in [-0.15, -0.1) is 0 Å². The van der Waals surface area contributed by atoms with E-state index in [1.54, 1.807) is 0 Å². The SMILES string of the molecule is CC(C)(C)CC(=O)NC1CCCC1C(N)=S. The number of rotatable bonds is 3. The Hall–Kier alpha value is -0.640. The third kappa shape index (κ3) is 4.08. The molecule has 2 unspecified atom stereocenters. The van der Waals surface area contributed by atoms with Crippen LogP contribution in [0.2, 0.25) is 0 Å². The minimum atomic E-state index is 0.0292. The van der Waals surface area contributed by atoms with Gasteiger partial charge in [-0.2, -0.15) is 0 Å². The van der Waals surface area contributed by atoms with Crippen LogP contribution in [-0.4, -0.2) is 16.9 Å². The monoisotopic (exact) mass is 242 g/mol. The van der Waals surface area contributed by atoms with Crippen molar-refractivity contribution >= 4 is 23.1 Å². The first-order chi connectivity index (χ1) is 7.29. The Bertz CT molecular complexity index is 283. The molecule has 1 aliphatic carbocycles. The summed E-state index contributed by atoms with van der Waals surface area (Å²) in [7, 11) is 0. The number of amides is 1. The lowest BCUT2D eigenvalue weighted by molar-refractivity contribution is -0.123. The highest BCUT2D eigenvalue weighted by molar-refractivity contribution is 7.80. The summed E-state index contributed by atoms with van der Waals surface area (Å²) in [6.45, 7) is 6.19. The van der Waals surface area contributed by atoms with Gasteiger partial charge in [0, 0.05) is 18.4 Å². The Balaban J connectivity index is 2.47. The van der Waals surface area contributed by atoms with Crippen LogP contribution in [0.1, 0.15) is 46.5 Å². The fourth-order valence-corrected chi connectivity index (χ4v) is 2.49. The van der Waals surface area contributed by atoms with Crippen molar-refractivity contribution < 1.29 is 4.79 Å². The molecule has 92 valence electrons. The van der Waals surface area contributed by atoms with E-state index in [1.807, 2.05) is 0 Å². The predicted molar refractivity (Wildman–Crippen MR) is 70.1 cm³/mol. The zero-order valence-electron chi connectivity index (χ0n) is 10.4. The largest absolute Gasteiger partial charge is 0.393 e. The molecule has 0 spiro atoms.